The van der Waals surface area contributed by atoms with E-state index in [-0.39, 0.29) is 17.7 Å². The molecule has 5 nitrogen and oxygen atoms in total. The van der Waals surface area contributed by atoms with Crippen molar-refractivity contribution in [3.8, 4) is 0 Å². The molecule has 1 aromatic heterocycles. The van der Waals surface area contributed by atoms with Gasteiger partial charge in [0.25, 0.3) is 0 Å². The molecule has 6 heteroatoms. The number of nitrogens with one attached hydrogen (secondary N) is 1. The lowest BCUT2D eigenvalue weighted by Crippen LogP contribution is -2.35. The van der Waals surface area contributed by atoms with Crippen LogP contribution in [0.5, 0.6) is 0 Å². The Kier molecular flexibility index (Phi) is 4.42. The third-order valence-electron chi connectivity index (χ3n) is 5.36. The molecule has 0 bridgehead atoms. The van der Waals surface area contributed by atoms with Crippen LogP contribution in [0.25, 0.3) is 10.9 Å². The second-order valence-corrected chi connectivity index (χ2v) is 7.46. The lowest BCUT2D eigenvalue weighted by atomic mass is 10.1. The number of H-pyrrole nitrogens is 1. The molecule has 2 saturated heterocycles. The minimum absolute atomic E-state index is 0.0930. The Labute approximate surface area is 151 Å². The molecule has 25 heavy (non-hydrogen) atoms. The van der Waals surface area contributed by atoms with Gasteiger partial charge in [0.15, 0.2) is 0 Å². The van der Waals surface area contributed by atoms with E-state index in [1.165, 1.54) is 0 Å². The Bertz CT molecular complexity index is 810. The number of hydrogen-bond donors (Lipinski definition) is 1. The molecule has 0 radical (unpaired) electrons. The first-order chi connectivity index (χ1) is 12.1. The van der Waals surface area contributed by atoms with Crippen LogP contribution < -0.4 is 0 Å². The fourth-order valence-corrected chi connectivity index (χ4v) is 4.13. The largest absolute Gasteiger partial charge is 0.361 e. The van der Waals surface area contributed by atoms with E-state index in [2.05, 4.69) is 4.98 Å². The molecule has 2 aliphatic rings. The number of carbonyl (C=O) groups excluding carboxylic acids is 2. The lowest BCUT2D eigenvalue weighted by molar-refractivity contribution is -0.134. The number of nitrogens with zero attached hydrogens (tertiary/aromatic N) is 2. The molecule has 1 N–H and O–H groups in total. The van der Waals surface area contributed by atoms with Gasteiger partial charge in [0.1, 0.15) is 0 Å². The van der Waals surface area contributed by atoms with Gasteiger partial charge in [-0.05, 0) is 43.0 Å². The molecular weight excluding hydrogens is 338 g/mol. The van der Waals surface area contributed by atoms with Crippen molar-refractivity contribution in [3.63, 3.8) is 0 Å². The number of carbonyl (C=O) groups is 2. The molecule has 0 spiro atoms. The van der Waals surface area contributed by atoms with Crippen LogP contribution >= 0.6 is 11.6 Å². The second kappa shape index (κ2) is 6.71. The van der Waals surface area contributed by atoms with Crippen molar-refractivity contribution in [3.05, 3.63) is 35.0 Å². The van der Waals surface area contributed by atoms with E-state index >= 15 is 0 Å². The van der Waals surface area contributed by atoms with Gasteiger partial charge in [0.05, 0.1) is 5.92 Å². The highest BCUT2D eigenvalue weighted by atomic mass is 35.5. The SMILES string of the molecule is O=C1C[C@H](C(=O)N2CCCC2)CN1CCc1c[nH]c2ccc(Cl)cc12. The zero-order valence-corrected chi connectivity index (χ0v) is 14.9. The van der Waals surface area contributed by atoms with E-state index in [1.807, 2.05) is 34.2 Å². The Morgan fingerprint density at radius 2 is 2.08 bits per heavy atom. The van der Waals surface area contributed by atoms with Gasteiger partial charge in [-0.2, -0.15) is 0 Å². The highest BCUT2D eigenvalue weighted by Crippen LogP contribution is 2.25. The van der Waals surface area contributed by atoms with Gasteiger partial charge in [-0.3, -0.25) is 9.59 Å². The summed E-state index contributed by atoms with van der Waals surface area (Å²) in [4.78, 5) is 31.8. The van der Waals surface area contributed by atoms with Gasteiger partial charge in [0.2, 0.25) is 11.8 Å². The molecule has 1 atom stereocenters. The summed E-state index contributed by atoms with van der Waals surface area (Å²) >= 11 is 6.09. The average molecular weight is 360 g/mol. The van der Waals surface area contributed by atoms with Gasteiger partial charge in [-0.15, -0.1) is 0 Å². The molecule has 2 aromatic rings. The van der Waals surface area contributed by atoms with Crippen LogP contribution in [0.15, 0.2) is 24.4 Å². The number of benzene rings is 1. The summed E-state index contributed by atoms with van der Waals surface area (Å²) in [5, 5.41) is 1.81. The zero-order valence-electron chi connectivity index (χ0n) is 14.1. The summed E-state index contributed by atoms with van der Waals surface area (Å²) in [6.45, 7) is 2.89. The molecular formula is C19H22ClN3O2. The molecule has 2 aliphatic heterocycles. The number of halogens is 1. The van der Waals surface area contributed by atoms with Crippen LogP contribution in [0.1, 0.15) is 24.8 Å². The third-order valence-corrected chi connectivity index (χ3v) is 5.60. The van der Waals surface area contributed by atoms with Gasteiger partial charge in [-0.25, -0.2) is 0 Å². The van der Waals surface area contributed by atoms with Crippen LogP contribution in [-0.2, 0) is 16.0 Å². The number of fused-ring (bicyclic) bond motifs is 1. The molecule has 132 valence electrons. The van der Waals surface area contributed by atoms with Crippen molar-refractivity contribution in [2.45, 2.75) is 25.7 Å². The summed E-state index contributed by atoms with van der Waals surface area (Å²) in [5.74, 6) is 0.0886. The van der Waals surface area contributed by atoms with Gasteiger partial charge >= 0.3 is 0 Å². The predicted molar refractivity (Wildman–Crippen MR) is 97.5 cm³/mol. The fraction of sp³-hybridized carbons (Fsp3) is 0.474. The van der Waals surface area contributed by atoms with Gasteiger partial charge < -0.3 is 14.8 Å². The zero-order chi connectivity index (χ0) is 17.4. The maximum absolute atomic E-state index is 12.5. The number of rotatable bonds is 4. The monoisotopic (exact) mass is 359 g/mol. The number of aromatic amines is 1. The summed E-state index contributed by atoms with van der Waals surface area (Å²) < 4.78 is 0. The minimum atomic E-state index is -0.164. The van der Waals surface area contributed by atoms with E-state index < -0.39 is 0 Å². The maximum Gasteiger partial charge on any atom is 0.227 e. The van der Waals surface area contributed by atoms with E-state index in [0.29, 0.717) is 24.5 Å². The van der Waals surface area contributed by atoms with Crippen LogP contribution in [-0.4, -0.2) is 52.8 Å². The van der Waals surface area contributed by atoms with Crippen molar-refractivity contribution in [2.75, 3.05) is 26.2 Å². The topological polar surface area (TPSA) is 56.4 Å². The molecule has 2 fully saturated rings. The molecule has 3 heterocycles. The van der Waals surface area contributed by atoms with Crippen molar-refractivity contribution >= 4 is 34.3 Å². The first-order valence-electron chi connectivity index (χ1n) is 8.94. The summed E-state index contributed by atoms with van der Waals surface area (Å²) in [6, 6.07) is 5.78. The van der Waals surface area contributed by atoms with Crippen LogP contribution in [0.4, 0.5) is 0 Å². The van der Waals surface area contributed by atoms with Crippen LogP contribution in [0.3, 0.4) is 0 Å². The molecule has 0 aliphatic carbocycles. The molecule has 1 aromatic carbocycles. The lowest BCUT2D eigenvalue weighted by Gasteiger charge is -2.20. The Morgan fingerprint density at radius 3 is 2.88 bits per heavy atom. The predicted octanol–water partition coefficient (Wildman–Crippen LogP) is 2.83. The third kappa shape index (κ3) is 3.25. The minimum Gasteiger partial charge on any atom is -0.361 e. The summed E-state index contributed by atoms with van der Waals surface area (Å²) in [5.41, 5.74) is 2.20. The summed E-state index contributed by atoms with van der Waals surface area (Å²) in [7, 11) is 0. The van der Waals surface area contributed by atoms with E-state index in [9.17, 15) is 9.59 Å². The van der Waals surface area contributed by atoms with Crippen molar-refractivity contribution in [1.29, 1.82) is 0 Å². The highest BCUT2D eigenvalue weighted by Gasteiger charge is 2.36. The van der Waals surface area contributed by atoms with E-state index in [1.54, 1.807) is 0 Å². The first-order valence-corrected chi connectivity index (χ1v) is 9.31. The normalized spacial score (nSPS) is 20.8. The van der Waals surface area contributed by atoms with Crippen molar-refractivity contribution < 1.29 is 9.59 Å². The molecule has 0 unspecified atom stereocenters. The number of hydrogen-bond acceptors (Lipinski definition) is 2. The van der Waals surface area contributed by atoms with Crippen molar-refractivity contribution in [2.24, 2.45) is 5.92 Å². The van der Waals surface area contributed by atoms with Gasteiger partial charge in [0, 0.05) is 54.7 Å². The first kappa shape index (κ1) is 16.5. The van der Waals surface area contributed by atoms with Crippen LogP contribution in [0.2, 0.25) is 5.02 Å². The van der Waals surface area contributed by atoms with E-state index in [0.717, 1.165) is 48.8 Å². The van der Waals surface area contributed by atoms with E-state index in [4.69, 9.17) is 11.6 Å². The standard InChI is InChI=1S/C19H22ClN3O2/c20-15-3-4-17-16(10-15)13(11-21-17)5-8-23-12-14(9-18(23)24)19(25)22-6-1-2-7-22/h3-4,10-11,14,21H,1-2,5-9,12H2/t14-/m0/s1. The number of amides is 2. The molecule has 0 saturated carbocycles. The second-order valence-electron chi connectivity index (χ2n) is 7.03. The highest BCUT2D eigenvalue weighted by molar-refractivity contribution is 6.31. The molecule has 4 rings (SSSR count). The number of aromatic nitrogens is 1. The average Bonchev–Trinajstić information content (AvgIpc) is 3.32. The van der Waals surface area contributed by atoms with Crippen LogP contribution in [0, 0.1) is 5.92 Å². The quantitative estimate of drug-likeness (QED) is 0.912. The number of likely N-dealkylation sites (tertiary alicyclic amines) is 2. The molecule has 2 amide bonds. The smallest absolute Gasteiger partial charge is 0.227 e. The van der Waals surface area contributed by atoms with Crippen molar-refractivity contribution in [1.82, 2.24) is 14.8 Å². The van der Waals surface area contributed by atoms with Gasteiger partial charge in [-0.1, -0.05) is 11.6 Å². The summed E-state index contributed by atoms with van der Waals surface area (Å²) in [6.07, 6.45) is 5.26. The fourth-order valence-electron chi connectivity index (χ4n) is 3.96. The maximum atomic E-state index is 12.5. The Hall–Kier alpha value is -2.01. The Balaban J connectivity index is 1.40. The Morgan fingerprint density at radius 1 is 1.28 bits per heavy atom.